The average Bonchev–Trinajstić information content (AvgIpc) is 3.60. The van der Waals surface area contributed by atoms with Gasteiger partial charge in [-0.3, -0.25) is 20.6 Å². The van der Waals surface area contributed by atoms with E-state index in [4.69, 9.17) is 11.8 Å². The fraction of sp³-hybridized carbons (Fsp3) is 0.0645. The maximum Gasteiger partial charge on any atom is 0.324 e. The number of benzene rings is 7. The molecular weight excluding hydrogens is 1410 g/mol. The van der Waals surface area contributed by atoms with Crippen molar-refractivity contribution in [2.24, 2.45) is 0 Å². The Hall–Kier alpha value is -10.8. The fourth-order valence-corrected chi connectivity index (χ4v) is 9.87. The molecule has 9 aromatic rings. The molecular formula is C62H52Br4N18O6. The van der Waals surface area contributed by atoms with Crippen molar-refractivity contribution in [2.45, 2.75) is 26.2 Å². The monoisotopic (exact) mass is 1460 g/mol. The average molecular weight is 1460 g/mol. The van der Waals surface area contributed by atoms with Crippen molar-refractivity contribution in [1.82, 2.24) is 41.2 Å². The van der Waals surface area contributed by atoms with E-state index in [1.165, 1.54) is 37.2 Å². The minimum atomic E-state index is -0.480. The zero-order valence-corrected chi connectivity index (χ0v) is 53.3. The minimum Gasteiger partial charge on any atom is -0.334 e. The molecule has 0 spiro atoms. The van der Waals surface area contributed by atoms with Gasteiger partial charge >= 0.3 is 36.2 Å². The standard InChI is InChI=1S/C24H20N6O2.C22H18Br4N4O2.C16H14N8O2/c1-26-20-8-4-10-22(13-20)30-24(32)28-16-19-7-2-6-18(11-19)15-27-23(31)29-21-9-3-5-17(12-21)14-25;23-15-4-6-19(17(25)9-15)29-21(31)27-11-13-2-1-3-14(8-13)12-28-22(32)30-20-7-5-16(24)10-18(20)26;25-15(23-13-9-17-4-6-19-13)21-11-2-1-3-12(8-11)22-16(26)24-14-10-18-5-7-20-14/h2-13H,15-16H2,(H2,27,29,31)(H2,28,30,32);1-10H,11-12H2,(H2,27,29,31)(H2,28,30,32);1-10H,(H2,19,21,23,25)(H2,20,22,24,26). The van der Waals surface area contributed by atoms with E-state index in [1.54, 1.807) is 84.9 Å². The van der Waals surface area contributed by atoms with E-state index in [1.807, 2.05) is 78.9 Å². The Morgan fingerprint density at radius 3 is 1.19 bits per heavy atom. The van der Waals surface area contributed by atoms with Crippen molar-refractivity contribution < 1.29 is 28.8 Å². The number of rotatable bonds is 16. The van der Waals surface area contributed by atoms with Gasteiger partial charge in [-0.25, -0.2) is 43.6 Å². The summed E-state index contributed by atoms with van der Waals surface area (Å²) in [6, 6.07) is 45.8. The van der Waals surface area contributed by atoms with Gasteiger partial charge in [-0.05, 0) is 139 Å². The molecule has 7 aromatic carbocycles. The van der Waals surface area contributed by atoms with Gasteiger partial charge in [-0.15, -0.1) is 0 Å². The Balaban J connectivity index is 0.000000193. The van der Waals surface area contributed by atoms with Crippen molar-refractivity contribution >= 4 is 151 Å². The van der Waals surface area contributed by atoms with Crippen molar-refractivity contribution in [3.05, 3.63) is 252 Å². The number of nitrogens with one attached hydrogen (secondary N) is 12. The highest BCUT2D eigenvalue weighted by atomic mass is 79.9. The Bertz CT molecular complexity index is 3820. The Morgan fingerprint density at radius 1 is 0.411 bits per heavy atom. The van der Waals surface area contributed by atoms with Crippen LogP contribution in [0.25, 0.3) is 4.85 Å². The van der Waals surface area contributed by atoms with Gasteiger partial charge < -0.3 is 53.2 Å². The summed E-state index contributed by atoms with van der Waals surface area (Å²) in [4.78, 5) is 91.5. The second-order valence-electron chi connectivity index (χ2n) is 18.4. The van der Waals surface area contributed by atoms with Crippen LogP contribution in [-0.4, -0.2) is 56.1 Å². The Kier molecular flexibility index (Phi) is 26.1. The molecule has 9 rings (SSSR count). The molecule has 0 atom stereocenters. The highest BCUT2D eigenvalue weighted by molar-refractivity contribution is 9.11. The van der Waals surface area contributed by atoms with E-state index in [0.29, 0.717) is 83.2 Å². The second-order valence-corrected chi connectivity index (χ2v) is 21.9. The Labute approximate surface area is 549 Å². The topological polar surface area (TPSA) is 326 Å². The largest absolute Gasteiger partial charge is 0.334 e. The van der Waals surface area contributed by atoms with Crippen LogP contribution in [0.5, 0.6) is 0 Å². The molecule has 24 nitrogen and oxygen atoms in total. The first-order valence-corrected chi connectivity index (χ1v) is 29.7. The van der Waals surface area contributed by atoms with E-state index in [2.05, 4.69) is 152 Å². The summed E-state index contributed by atoms with van der Waals surface area (Å²) in [6.45, 7) is 8.33. The van der Waals surface area contributed by atoms with Gasteiger partial charge in [-0.2, -0.15) is 5.26 Å². The van der Waals surface area contributed by atoms with Crippen molar-refractivity contribution in [2.75, 3.05) is 42.5 Å². The van der Waals surface area contributed by atoms with Crippen LogP contribution in [0.2, 0.25) is 0 Å². The molecule has 0 fully saturated rings. The maximum absolute atomic E-state index is 12.2. The van der Waals surface area contributed by atoms with E-state index in [9.17, 15) is 28.8 Å². The predicted molar refractivity (Wildman–Crippen MR) is 360 cm³/mol. The zero-order valence-electron chi connectivity index (χ0n) is 46.9. The molecule has 0 saturated carbocycles. The lowest BCUT2D eigenvalue weighted by molar-refractivity contribution is 0.250. The lowest BCUT2D eigenvalue weighted by Gasteiger charge is -2.11. The number of hydrogen-bond acceptors (Lipinski definition) is 11. The first-order valence-electron chi connectivity index (χ1n) is 26.6. The van der Waals surface area contributed by atoms with Crippen LogP contribution >= 0.6 is 63.7 Å². The highest BCUT2D eigenvalue weighted by Crippen LogP contribution is 2.28. The normalized spacial score (nSPS) is 9.98. The van der Waals surface area contributed by atoms with Crippen LogP contribution in [0.4, 0.5) is 80.2 Å². The van der Waals surface area contributed by atoms with Crippen molar-refractivity contribution in [3.8, 4) is 6.07 Å². The quantitative estimate of drug-likeness (QED) is 0.0403. The van der Waals surface area contributed by atoms with Gasteiger partial charge in [0.2, 0.25) is 0 Å². The molecule has 0 aliphatic carbocycles. The number of carbonyl (C=O) groups is 6. The van der Waals surface area contributed by atoms with Crippen LogP contribution in [0.1, 0.15) is 27.8 Å². The van der Waals surface area contributed by atoms with E-state index in [0.717, 1.165) is 40.1 Å². The number of amides is 12. The maximum atomic E-state index is 12.2. The van der Waals surface area contributed by atoms with E-state index < -0.39 is 12.1 Å². The van der Waals surface area contributed by atoms with Crippen molar-refractivity contribution in [1.29, 1.82) is 5.26 Å². The number of carbonyl (C=O) groups excluding carboxylic acids is 6. The predicted octanol–water partition coefficient (Wildman–Crippen LogP) is 14.7. The molecule has 12 amide bonds. The van der Waals surface area contributed by atoms with Gasteiger partial charge in [0, 0.05) is 91.6 Å². The van der Waals surface area contributed by atoms with Gasteiger partial charge in [0.15, 0.2) is 17.3 Å². The summed E-state index contributed by atoms with van der Waals surface area (Å²) in [6.07, 6.45) is 8.79. The zero-order chi connectivity index (χ0) is 64.0. The van der Waals surface area contributed by atoms with Crippen LogP contribution < -0.4 is 63.8 Å². The van der Waals surface area contributed by atoms with Crippen molar-refractivity contribution in [3.63, 3.8) is 0 Å². The van der Waals surface area contributed by atoms with Gasteiger partial charge in [0.25, 0.3) is 0 Å². The van der Waals surface area contributed by atoms with Gasteiger partial charge in [-0.1, -0.05) is 105 Å². The van der Waals surface area contributed by atoms with Crippen LogP contribution in [-0.2, 0) is 26.2 Å². The van der Waals surface area contributed by atoms with E-state index in [-0.39, 0.29) is 24.1 Å². The molecule has 2 aromatic heterocycles. The first-order chi connectivity index (χ1) is 43.5. The minimum absolute atomic E-state index is 0.299. The molecule has 0 bridgehead atoms. The molecule has 2 heterocycles. The SMILES string of the molecule is O=C(NCc1cccc(CNC(=O)Nc2ccc(Br)cc2Br)c1)Nc1ccc(Br)cc1Br.O=C(Nc1cccc(NC(=O)Nc2cnccn2)c1)Nc1cnccn1.[C-]#[N+]c1cccc(NC(=O)NCc2cccc(CNC(=O)Nc3cccc(C#N)c3)c2)c1. The highest BCUT2D eigenvalue weighted by Gasteiger charge is 2.12. The number of urea groups is 6. The number of aromatic nitrogens is 4. The lowest BCUT2D eigenvalue weighted by Crippen LogP contribution is -2.29. The molecule has 454 valence electrons. The smallest absolute Gasteiger partial charge is 0.324 e. The Morgan fingerprint density at radius 2 is 0.789 bits per heavy atom. The van der Waals surface area contributed by atoms with Gasteiger partial charge in [0.1, 0.15) is 0 Å². The summed E-state index contributed by atoms with van der Waals surface area (Å²) < 4.78 is 3.39. The second kappa shape index (κ2) is 35.1. The summed E-state index contributed by atoms with van der Waals surface area (Å²) in [7, 11) is 0. The molecule has 0 saturated heterocycles. The summed E-state index contributed by atoms with van der Waals surface area (Å²) in [5.74, 6) is 0.644. The number of hydrogen-bond donors (Lipinski definition) is 12. The molecule has 0 aliphatic rings. The van der Waals surface area contributed by atoms with Gasteiger partial charge in [0.05, 0.1) is 42.0 Å². The third-order valence-electron chi connectivity index (χ3n) is 11.6. The third-order valence-corrected chi connectivity index (χ3v) is 13.9. The third kappa shape index (κ3) is 23.8. The summed E-state index contributed by atoms with van der Waals surface area (Å²) >= 11 is 13.6. The lowest BCUT2D eigenvalue weighted by atomic mass is 10.1. The molecule has 12 N–H and O–H groups in total. The number of anilines is 8. The first kappa shape index (κ1) is 66.7. The fourth-order valence-electron chi connectivity index (χ4n) is 7.57. The number of nitrogens with zero attached hydrogens (tertiary/aromatic N) is 6. The molecule has 0 radical (unpaired) electrons. The molecule has 28 heteroatoms. The van der Waals surface area contributed by atoms with Crippen LogP contribution in [0.15, 0.2) is 213 Å². The number of halogens is 4. The van der Waals surface area contributed by atoms with E-state index >= 15 is 0 Å². The molecule has 90 heavy (non-hydrogen) atoms. The van der Waals surface area contributed by atoms with Crippen LogP contribution in [0, 0.1) is 17.9 Å². The summed E-state index contributed by atoms with van der Waals surface area (Å²) in [5, 5.41) is 41.5. The number of nitriles is 1. The molecule has 0 aliphatic heterocycles. The molecule has 0 unspecified atom stereocenters. The van der Waals surface area contributed by atoms with Crippen LogP contribution in [0.3, 0.4) is 0 Å². The summed E-state index contributed by atoms with van der Waals surface area (Å²) in [5.41, 5.74) is 7.90.